The number of aromatic nitrogens is 2. The zero-order chi connectivity index (χ0) is 17.2. The van der Waals surface area contributed by atoms with Crippen molar-refractivity contribution in [1.82, 2.24) is 14.5 Å². The van der Waals surface area contributed by atoms with E-state index in [2.05, 4.69) is 23.7 Å². The van der Waals surface area contributed by atoms with Gasteiger partial charge in [-0.05, 0) is 44.4 Å². The molecule has 0 saturated carbocycles. The Morgan fingerprint density at radius 3 is 2.26 bits per heavy atom. The van der Waals surface area contributed by atoms with Gasteiger partial charge in [0.05, 0.1) is 10.6 Å². The topological polar surface area (TPSA) is 64.0 Å². The second kappa shape index (κ2) is 6.84. The van der Waals surface area contributed by atoms with Gasteiger partial charge in [-0.25, -0.2) is 13.1 Å². The maximum Gasteiger partial charge on any atom is 0.241 e. The van der Waals surface area contributed by atoms with Crippen LogP contribution in [0.3, 0.4) is 0 Å². The van der Waals surface area contributed by atoms with Crippen molar-refractivity contribution in [3.63, 3.8) is 0 Å². The lowest BCUT2D eigenvalue weighted by Gasteiger charge is -2.14. The number of hydrogen-bond donors (Lipinski definition) is 1. The van der Waals surface area contributed by atoms with E-state index < -0.39 is 10.0 Å². The summed E-state index contributed by atoms with van der Waals surface area (Å²) in [6.45, 7) is 10.7. The minimum Gasteiger partial charge on any atom is -0.272 e. The van der Waals surface area contributed by atoms with Crippen molar-refractivity contribution in [2.75, 3.05) is 0 Å². The first-order valence-corrected chi connectivity index (χ1v) is 9.39. The van der Waals surface area contributed by atoms with E-state index in [0.717, 1.165) is 23.4 Å². The number of nitrogens with zero attached hydrogens (tertiary/aromatic N) is 2. The summed E-state index contributed by atoms with van der Waals surface area (Å²) in [7, 11) is -3.55. The highest BCUT2D eigenvalue weighted by Gasteiger charge is 2.21. The summed E-state index contributed by atoms with van der Waals surface area (Å²) in [5.41, 5.74) is 2.86. The average molecular weight is 335 g/mol. The monoisotopic (exact) mass is 335 g/mol. The quantitative estimate of drug-likeness (QED) is 0.880. The van der Waals surface area contributed by atoms with Crippen molar-refractivity contribution in [3.05, 3.63) is 47.3 Å². The van der Waals surface area contributed by atoms with Gasteiger partial charge in [-0.1, -0.05) is 26.0 Å². The molecule has 0 amide bonds. The van der Waals surface area contributed by atoms with Gasteiger partial charge < -0.3 is 0 Å². The third kappa shape index (κ3) is 4.00. The lowest BCUT2D eigenvalue weighted by Crippen LogP contribution is -2.27. The molecular formula is C17H25N3O2S. The molecule has 1 N–H and O–H groups in total. The van der Waals surface area contributed by atoms with Gasteiger partial charge in [-0.2, -0.15) is 5.10 Å². The Morgan fingerprint density at radius 2 is 1.78 bits per heavy atom. The predicted octanol–water partition coefficient (Wildman–Crippen LogP) is 3.37. The fourth-order valence-corrected chi connectivity index (χ4v) is 3.74. The number of benzene rings is 1. The number of sulfonamides is 1. The normalized spacial score (nSPS) is 13.5. The Hall–Kier alpha value is -1.66. The first-order valence-electron chi connectivity index (χ1n) is 7.90. The predicted molar refractivity (Wildman–Crippen MR) is 91.9 cm³/mol. The van der Waals surface area contributed by atoms with E-state index in [0.29, 0.717) is 5.92 Å². The fourth-order valence-electron chi connectivity index (χ4n) is 2.52. The van der Waals surface area contributed by atoms with E-state index in [4.69, 9.17) is 0 Å². The Balaban J connectivity index is 2.21. The molecule has 0 aliphatic rings. The molecule has 1 heterocycles. The Bertz CT molecular complexity index is 762. The molecule has 23 heavy (non-hydrogen) atoms. The molecule has 0 aliphatic heterocycles. The molecule has 5 nitrogen and oxygen atoms in total. The molecule has 6 heteroatoms. The number of nitrogens with one attached hydrogen (secondary N) is 1. The maximum atomic E-state index is 12.5. The van der Waals surface area contributed by atoms with Gasteiger partial charge in [0.2, 0.25) is 10.0 Å². The summed E-state index contributed by atoms with van der Waals surface area (Å²) >= 11 is 0. The lowest BCUT2D eigenvalue weighted by molar-refractivity contribution is 0.566. The number of rotatable bonds is 6. The third-order valence-electron chi connectivity index (χ3n) is 3.96. The second-order valence-corrected chi connectivity index (χ2v) is 7.81. The molecule has 0 saturated heterocycles. The van der Waals surface area contributed by atoms with Crippen molar-refractivity contribution in [2.45, 2.75) is 58.0 Å². The van der Waals surface area contributed by atoms with Crippen molar-refractivity contribution in [1.29, 1.82) is 0 Å². The molecule has 2 rings (SSSR count). The Labute approximate surface area is 138 Å². The van der Waals surface area contributed by atoms with E-state index in [9.17, 15) is 8.42 Å². The van der Waals surface area contributed by atoms with Gasteiger partial charge in [0.15, 0.2) is 0 Å². The van der Waals surface area contributed by atoms with Crippen molar-refractivity contribution < 1.29 is 8.42 Å². The van der Waals surface area contributed by atoms with Gasteiger partial charge in [0.25, 0.3) is 0 Å². The Morgan fingerprint density at radius 1 is 1.17 bits per heavy atom. The minimum absolute atomic E-state index is 0.286. The van der Waals surface area contributed by atoms with Gasteiger partial charge in [0, 0.05) is 24.3 Å². The zero-order valence-corrected chi connectivity index (χ0v) is 15.2. The summed E-state index contributed by atoms with van der Waals surface area (Å²) in [5, 5.41) is 4.37. The van der Waals surface area contributed by atoms with Crippen molar-refractivity contribution in [3.8, 4) is 0 Å². The molecule has 0 spiro atoms. The van der Waals surface area contributed by atoms with Crippen LogP contribution in [0.2, 0.25) is 0 Å². The molecule has 1 unspecified atom stereocenters. The van der Waals surface area contributed by atoms with Gasteiger partial charge >= 0.3 is 0 Å². The molecule has 1 atom stereocenters. The highest BCUT2D eigenvalue weighted by molar-refractivity contribution is 7.89. The minimum atomic E-state index is -3.55. The summed E-state index contributed by atoms with van der Waals surface area (Å²) in [6.07, 6.45) is 1.89. The van der Waals surface area contributed by atoms with Crippen LogP contribution < -0.4 is 4.72 Å². The standard InChI is InChI=1S/C17H25N3O2S/c1-6-20-11-17(13(4)18-20)14(5)19-23(21,22)16-9-7-15(8-10-16)12(2)3/h7-12,14,19H,6H2,1-5H3. The maximum absolute atomic E-state index is 12.5. The van der Waals surface area contributed by atoms with Gasteiger partial charge in [-0.15, -0.1) is 0 Å². The van der Waals surface area contributed by atoms with Crippen LogP contribution in [0, 0.1) is 6.92 Å². The number of aryl methyl sites for hydroxylation is 2. The summed E-state index contributed by atoms with van der Waals surface area (Å²) in [6, 6.07) is 6.72. The van der Waals surface area contributed by atoms with Crippen molar-refractivity contribution in [2.24, 2.45) is 0 Å². The molecule has 2 aromatic rings. The molecule has 0 bridgehead atoms. The largest absolute Gasteiger partial charge is 0.272 e. The lowest BCUT2D eigenvalue weighted by atomic mass is 10.0. The van der Waals surface area contributed by atoms with Crippen molar-refractivity contribution >= 4 is 10.0 Å². The van der Waals surface area contributed by atoms with Gasteiger partial charge in [-0.3, -0.25) is 4.68 Å². The van der Waals surface area contributed by atoms with E-state index in [1.165, 1.54) is 0 Å². The number of hydrogen-bond acceptors (Lipinski definition) is 3. The molecular weight excluding hydrogens is 310 g/mol. The van der Waals surface area contributed by atoms with Crippen LogP contribution in [0.5, 0.6) is 0 Å². The van der Waals surface area contributed by atoms with E-state index in [1.54, 1.807) is 12.1 Å². The van der Waals surface area contributed by atoms with E-state index in [1.807, 2.05) is 43.8 Å². The van der Waals surface area contributed by atoms with Crippen LogP contribution in [0.25, 0.3) is 0 Å². The molecule has 1 aromatic carbocycles. The average Bonchev–Trinajstić information content (AvgIpc) is 2.88. The highest BCUT2D eigenvalue weighted by atomic mass is 32.2. The third-order valence-corrected chi connectivity index (χ3v) is 5.52. The van der Waals surface area contributed by atoms with E-state index >= 15 is 0 Å². The van der Waals surface area contributed by atoms with Crippen LogP contribution in [0.1, 0.15) is 56.5 Å². The second-order valence-electron chi connectivity index (χ2n) is 6.09. The summed E-state index contributed by atoms with van der Waals surface area (Å²) in [5.74, 6) is 0.376. The molecule has 0 radical (unpaired) electrons. The SMILES string of the molecule is CCn1cc(C(C)NS(=O)(=O)c2ccc(C(C)C)cc2)c(C)n1. The van der Waals surface area contributed by atoms with Crippen LogP contribution in [-0.4, -0.2) is 18.2 Å². The molecule has 0 aliphatic carbocycles. The van der Waals surface area contributed by atoms with Crippen LogP contribution in [0.15, 0.2) is 35.4 Å². The summed E-state index contributed by atoms with van der Waals surface area (Å²) < 4.78 is 29.6. The van der Waals surface area contributed by atoms with Crippen LogP contribution >= 0.6 is 0 Å². The summed E-state index contributed by atoms with van der Waals surface area (Å²) in [4.78, 5) is 0.286. The first kappa shape index (κ1) is 17.7. The Kier molecular flexibility index (Phi) is 5.26. The highest BCUT2D eigenvalue weighted by Crippen LogP contribution is 2.21. The van der Waals surface area contributed by atoms with Crippen LogP contribution in [0.4, 0.5) is 0 Å². The van der Waals surface area contributed by atoms with Crippen LogP contribution in [-0.2, 0) is 16.6 Å². The molecule has 1 aromatic heterocycles. The van der Waals surface area contributed by atoms with Gasteiger partial charge in [0.1, 0.15) is 0 Å². The van der Waals surface area contributed by atoms with E-state index in [-0.39, 0.29) is 10.9 Å². The fraction of sp³-hybridized carbons (Fsp3) is 0.471. The molecule has 126 valence electrons. The first-order chi connectivity index (χ1) is 10.7. The zero-order valence-electron chi connectivity index (χ0n) is 14.4. The molecule has 0 fully saturated rings. The smallest absolute Gasteiger partial charge is 0.241 e.